The monoisotopic (exact) mass is 417 g/mol. The molecular weight excluding hydrogens is 396 g/mol. The molecule has 0 aliphatic carbocycles. The highest BCUT2D eigenvalue weighted by Gasteiger charge is 2.16. The fourth-order valence-corrected chi connectivity index (χ4v) is 2.64. The number of carbonyl (C=O) groups is 1. The third-order valence-corrected chi connectivity index (χ3v) is 4.09. The van der Waals surface area contributed by atoms with Gasteiger partial charge in [0.25, 0.3) is 0 Å². The van der Waals surface area contributed by atoms with Crippen LogP contribution in [-0.4, -0.2) is 37.7 Å². The first kappa shape index (κ1) is 21.1. The zero-order chi connectivity index (χ0) is 21.7. The van der Waals surface area contributed by atoms with Gasteiger partial charge in [-0.15, -0.1) is 0 Å². The van der Waals surface area contributed by atoms with Gasteiger partial charge >= 0.3 is 5.97 Å². The van der Waals surface area contributed by atoms with Crippen LogP contribution in [0.5, 0.6) is 0 Å². The average molecular weight is 417 g/mol. The fraction of sp³-hybridized carbons (Fsp3) is 0.316. The lowest BCUT2D eigenvalue weighted by molar-refractivity contribution is 0.0519. The number of benzene rings is 1. The SMILES string of the molecule is CCOC(=O)c1cc(Nc2nc(CC)nc(NC(C)c3ccc(F)cc3F)n2)n[nH]1. The zero-order valence-electron chi connectivity index (χ0n) is 16.7. The van der Waals surface area contributed by atoms with Crippen LogP contribution < -0.4 is 10.6 Å². The van der Waals surface area contributed by atoms with Crippen LogP contribution in [0.3, 0.4) is 0 Å². The van der Waals surface area contributed by atoms with E-state index in [2.05, 4.69) is 35.8 Å². The van der Waals surface area contributed by atoms with E-state index in [1.165, 1.54) is 18.2 Å². The largest absolute Gasteiger partial charge is 0.461 e. The maximum absolute atomic E-state index is 14.0. The second-order valence-electron chi connectivity index (χ2n) is 6.30. The van der Waals surface area contributed by atoms with Gasteiger partial charge in [0.1, 0.15) is 23.2 Å². The Morgan fingerprint density at radius 1 is 1.17 bits per heavy atom. The molecule has 2 heterocycles. The van der Waals surface area contributed by atoms with E-state index in [0.717, 1.165) is 6.07 Å². The summed E-state index contributed by atoms with van der Waals surface area (Å²) in [6.07, 6.45) is 0.528. The Kier molecular flexibility index (Phi) is 6.50. The number of nitrogens with zero attached hydrogens (tertiary/aromatic N) is 4. The summed E-state index contributed by atoms with van der Waals surface area (Å²) in [5.41, 5.74) is 0.457. The normalized spacial score (nSPS) is 11.8. The molecule has 2 aromatic heterocycles. The van der Waals surface area contributed by atoms with Gasteiger partial charge in [-0.05, 0) is 19.9 Å². The molecule has 1 aromatic carbocycles. The minimum Gasteiger partial charge on any atom is -0.461 e. The number of anilines is 3. The van der Waals surface area contributed by atoms with Crippen LogP contribution in [0.1, 0.15) is 48.7 Å². The lowest BCUT2D eigenvalue weighted by Crippen LogP contribution is -2.14. The number of halogens is 2. The van der Waals surface area contributed by atoms with Crippen molar-refractivity contribution in [1.82, 2.24) is 25.1 Å². The maximum atomic E-state index is 14.0. The summed E-state index contributed by atoms with van der Waals surface area (Å²) in [5, 5.41) is 12.4. The van der Waals surface area contributed by atoms with E-state index in [-0.39, 0.29) is 29.8 Å². The Morgan fingerprint density at radius 2 is 1.93 bits per heavy atom. The van der Waals surface area contributed by atoms with Gasteiger partial charge in [0.15, 0.2) is 5.82 Å². The quantitative estimate of drug-likeness (QED) is 0.477. The van der Waals surface area contributed by atoms with Crippen molar-refractivity contribution in [1.29, 1.82) is 0 Å². The zero-order valence-corrected chi connectivity index (χ0v) is 16.7. The number of nitrogens with one attached hydrogen (secondary N) is 3. The van der Waals surface area contributed by atoms with E-state index in [1.54, 1.807) is 13.8 Å². The summed E-state index contributed by atoms with van der Waals surface area (Å²) in [7, 11) is 0. The van der Waals surface area contributed by atoms with Gasteiger partial charge < -0.3 is 15.4 Å². The topological polar surface area (TPSA) is 118 Å². The molecule has 3 N–H and O–H groups in total. The maximum Gasteiger partial charge on any atom is 0.356 e. The highest BCUT2D eigenvalue weighted by Crippen LogP contribution is 2.22. The van der Waals surface area contributed by atoms with Crippen molar-refractivity contribution in [2.75, 3.05) is 17.2 Å². The number of aryl methyl sites for hydroxylation is 1. The first-order chi connectivity index (χ1) is 14.4. The van der Waals surface area contributed by atoms with Crippen molar-refractivity contribution in [2.24, 2.45) is 0 Å². The number of aromatic amines is 1. The molecule has 30 heavy (non-hydrogen) atoms. The molecule has 0 aliphatic heterocycles. The second-order valence-corrected chi connectivity index (χ2v) is 6.30. The molecule has 0 saturated heterocycles. The Labute approximate surface area is 171 Å². The summed E-state index contributed by atoms with van der Waals surface area (Å²) in [4.78, 5) is 24.6. The second kappa shape index (κ2) is 9.25. The average Bonchev–Trinajstić information content (AvgIpc) is 3.16. The van der Waals surface area contributed by atoms with E-state index in [4.69, 9.17) is 4.74 Å². The van der Waals surface area contributed by atoms with Gasteiger partial charge in [-0.25, -0.2) is 13.6 Å². The molecule has 0 saturated carbocycles. The van der Waals surface area contributed by atoms with Gasteiger partial charge in [-0.1, -0.05) is 13.0 Å². The molecule has 3 rings (SSSR count). The number of H-pyrrole nitrogens is 1. The lowest BCUT2D eigenvalue weighted by atomic mass is 10.1. The number of hydrogen-bond acceptors (Lipinski definition) is 8. The number of carbonyl (C=O) groups excluding carboxylic acids is 1. The number of ether oxygens (including phenoxy) is 1. The Morgan fingerprint density at radius 3 is 2.63 bits per heavy atom. The van der Waals surface area contributed by atoms with Gasteiger partial charge in [-0.2, -0.15) is 20.1 Å². The predicted molar refractivity (Wildman–Crippen MR) is 105 cm³/mol. The summed E-state index contributed by atoms with van der Waals surface area (Å²) in [6, 6.07) is 4.32. The number of hydrogen-bond donors (Lipinski definition) is 3. The van der Waals surface area contributed by atoms with Gasteiger partial charge in [0.2, 0.25) is 11.9 Å². The molecule has 1 unspecified atom stereocenters. The molecule has 11 heteroatoms. The van der Waals surface area contributed by atoms with Gasteiger partial charge in [-0.3, -0.25) is 5.10 Å². The minimum absolute atomic E-state index is 0.183. The fourth-order valence-electron chi connectivity index (χ4n) is 2.64. The molecule has 1 atom stereocenters. The summed E-state index contributed by atoms with van der Waals surface area (Å²) in [6.45, 7) is 5.53. The molecule has 0 aliphatic rings. The smallest absolute Gasteiger partial charge is 0.356 e. The van der Waals surface area contributed by atoms with Crippen LogP contribution in [0.15, 0.2) is 24.3 Å². The third-order valence-electron chi connectivity index (χ3n) is 4.09. The first-order valence-corrected chi connectivity index (χ1v) is 9.35. The molecule has 3 aromatic rings. The van der Waals surface area contributed by atoms with Crippen LogP contribution in [0.25, 0.3) is 0 Å². The van der Waals surface area contributed by atoms with Crippen molar-refractivity contribution >= 4 is 23.7 Å². The minimum atomic E-state index is -0.666. The Hall–Kier alpha value is -3.63. The van der Waals surface area contributed by atoms with Crippen LogP contribution in [-0.2, 0) is 11.2 Å². The van der Waals surface area contributed by atoms with E-state index in [9.17, 15) is 13.6 Å². The molecule has 0 fully saturated rings. The number of rotatable bonds is 8. The summed E-state index contributed by atoms with van der Waals surface area (Å²) >= 11 is 0. The summed E-state index contributed by atoms with van der Waals surface area (Å²) in [5.74, 6) is -0.635. The molecule has 0 radical (unpaired) electrons. The molecule has 0 amide bonds. The Bertz CT molecular complexity index is 1040. The van der Waals surface area contributed by atoms with E-state index in [1.807, 2.05) is 6.92 Å². The van der Waals surface area contributed by atoms with Crippen LogP contribution >= 0.6 is 0 Å². The standard InChI is InChI=1S/C19H21F2N7O2/c1-4-15-23-18(22-10(3)12-7-6-11(20)8-13(12)21)26-19(24-15)25-16-9-14(27-28-16)17(29)30-5-2/h6-10H,4-5H2,1-3H3,(H3,22,23,24,25,26,27,28). The summed E-state index contributed by atoms with van der Waals surface area (Å²) < 4.78 is 32.1. The van der Waals surface area contributed by atoms with Gasteiger partial charge in [0, 0.05) is 24.1 Å². The van der Waals surface area contributed by atoms with Crippen molar-refractivity contribution in [3.63, 3.8) is 0 Å². The Balaban J connectivity index is 1.79. The van der Waals surface area contributed by atoms with E-state index < -0.39 is 23.6 Å². The lowest BCUT2D eigenvalue weighted by Gasteiger charge is -2.16. The predicted octanol–water partition coefficient (Wildman–Crippen LogP) is 3.53. The molecule has 9 nitrogen and oxygen atoms in total. The van der Waals surface area contributed by atoms with E-state index in [0.29, 0.717) is 18.1 Å². The highest BCUT2D eigenvalue weighted by molar-refractivity contribution is 5.88. The van der Waals surface area contributed by atoms with Crippen molar-refractivity contribution in [3.05, 3.63) is 53.0 Å². The van der Waals surface area contributed by atoms with Crippen LogP contribution in [0.4, 0.5) is 26.5 Å². The highest BCUT2D eigenvalue weighted by atomic mass is 19.1. The molecular formula is C19H21F2N7O2. The first-order valence-electron chi connectivity index (χ1n) is 9.35. The van der Waals surface area contributed by atoms with Crippen molar-refractivity contribution in [2.45, 2.75) is 33.2 Å². The van der Waals surface area contributed by atoms with Crippen LogP contribution in [0, 0.1) is 11.6 Å². The van der Waals surface area contributed by atoms with Crippen LogP contribution in [0.2, 0.25) is 0 Å². The number of esters is 1. The van der Waals surface area contributed by atoms with Crippen molar-refractivity contribution in [3.8, 4) is 0 Å². The molecule has 0 bridgehead atoms. The molecule has 0 spiro atoms. The third kappa shape index (κ3) is 5.04. The number of aromatic nitrogens is 5. The molecule has 158 valence electrons. The van der Waals surface area contributed by atoms with Crippen molar-refractivity contribution < 1.29 is 18.3 Å². The van der Waals surface area contributed by atoms with Gasteiger partial charge in [0.05, 0.1) is 12.6 Å². The van der Waals surface area contributed by atoms with E-state index >= 15 is 0 Å².